The molecule has 1 N–H and O–H groups in total. The fourth-order valence-corrected chi connectivity index (χ4v) is 3.55. The van der Waals surface area contributed by atoms with Gasteiger partial charge in [-0.2, -0.15) is 5.10 Å². The number of carbonyl (C=O) groups is 1. The summed E-state index contributed by atoms with van der Waals surface area (Å²) in [6.45, 7) is 5.09. The molecule has 1 fully saturated rings. The van der Waals surface area contributed by atoms with Gasteiger partial charge in [-0.25, -0.2) is 4.98 Å². The average Bonchev–Trinajstić information content (AvgIpc) is 3.09. The van der Waals surface area contributed by atoms with Crippen LogP contribution in [0.25, 0.3) is 11.4 Å². The van der Waals surface area contributed by atoms with Gasteiger partial charge in [0.1, 0.15) is 12.4 Å². The number of rotatable bonds is 4. The summed E-state index contributed by atoms with van der Waals surface area (Å²) in [5, 5.41) is 7.14. The second-order valence-corrected chi connectivity index (χ2v) is 7.25. The molecule has 0 unspecified atom stereocenters. The second-order valence-electron chi connectivity index (χ2n) is 6.86. The van der Waals surface area contributed by atoms with Crippen molar-refractivity contribution in [3.05, 3.63) is 59.0 Å². The number of hydrogen-bond donors (Lipinski definition) is 1. The van der Waals surface area contributed by atoms with Crippen LogP contribution in [0.1, 0.15) is 5.56 Å². The quantitative estimate of drug-likeness (QED) is 0.689. The van der Waals surface area contributed by atoms with Crippen molar-refractivity contribution in [3.63, 3.8) is 0 Å². The monoisotopic (exact) mass is 394 g/mol. The Bertz CT molecular complexity index is 1000. The van der Waals surface area contributed by atoms with Crippen molar-refractivity contribution in [1.82, 2.24) is 24.6 Å². The Labute approximate surface area is 168 Å². The predicted octanol–water partition coefficient (Wildman–Crippen LogP) is 2.66. The van der Waals surface area contributed by atoms with E-state index in [1.165, 1.54) is 5.56 Å². The van der Waals surface area contributed by atoms with Crippen LogP contribution < -0.4 is 4.90 Å². The van der Waals surface area contributed by atoms with Gasteiger partial charge >= 0.3 is 0 Å². The standard InChI is InChI=1S/C20H22N6OS/c1-15-5-7-16(8-6-15)19-22-23-20(28)26(19)14-18(27)25-12-10-24(11-13-25)17-4-2-3-9-21-17/h2-9H,10-14H2,1H3,(H,23,28). The molecule has 0 radical (unpaired) electrons. The molecule has 4 rings (SSSR count). The molecule has 0 saturated carbocycles. The van der Waals surface area contributed by atoms with Crippen LogP contribution in [0.3, 0.4) is 0 Å². The zero-order valence-corrected chi connectivity index (χ0v) is 16.5. The van der Waals surface area contributed by atoms with Crippen molar-refractivity contribution >= 4 is 23.9 Å². The molecule has 1 aliphatic heterocycles. The van der Waals surface area contributed by atoms with E-state index in [0.717, 1.165) is 24.5 Å². The van der Waals surface area contributed by atoms with Crippen LogP contribution in [-0.4, -0.2) is 56.7 Å². The smallest absolute Gasteiger partial charge is 0.242 e. The fraction of sp³-hybridized carbons (Fsp3) is 0.300. The van der Waals surface area contributed by atoms with Crippen LogP contribution >= 0.6 is 12.2 Å². The van der Waals surface area contributed by atoms with Gasteiger partial charge in [0.2, 0.25) is 5.91 Å². The lowest BCUT2D eigenvalue weighted by Gasteiger charge is -2.35. The number of hydrogen-bond acceptors (Lipinski definition) is 5. The number of H-pyrrole nitrogens is 1. The molecule has 28 heavy (non-hydrogen) atoms. The molecular formula is C20H22N6OS. The van der Waals surface area contributed by atoms with Gasteiger partial charge in [-0.3, -0.25) is 14.5 Å². The van der Waals surface area contributed by atoms with Gasteiger partial charge in [-0.1, -0.05) is 35.9 Å². The molecule has 1 aliphatic rings. The minimum absolute atomic E-state index is 0.0477. The summed E-state index contributed by atoms with van der Waals surface area (Å²) in [5.74, 6) is 1.69. The highest BCUT2D eigenvalue weighted by atomic mass is 32.1. The molecule has 1 amide bonds. The van der Waals surface area contributed by atoms with Gasteiger partial charge in [0.15, 0.2) is 10.6 Å². The Hall–Kier alpha value is -3.00. The molecule has 0 bridgehead atoms. The first-order chi connectivity index (χ1) is 13.6. The van der Waals surface area contributed by atoms with Crippen LogP contribution in [0.5, 0.6) is 0 Å². The first-order valence-electron chi connectivity index (χ1n) is 9.28. The number of piperazine rings is 1. The van der Waals surface area contributed by atoms with Gasteiger partial charge in [0.25, 0.3) is 0 Å². The fourth-order valence-electron chi connectivity index (χ4n) is 3.35. The van der Waals surface area contributed by atoms with Gasteiger partial charge in [-0.05, 0) is 31.3 Å². The van der Waals surface area contributed by atoms with Crippen LogP contribution in [-0.2, 0) is 11.3 Å². The third kappa shape index (κ3) is 3.82. The minimum atomic E-state index is 0.0477. The van der Waals surface area contributed by atoms with E-state index in [9.17, 15) is 4.79 Å². The molecule has 2 aromatic heterocycles. The zero-order chi connectivity index (χ0) is 19.5. The number of nitrogens with zero attached hydrogens (tertiary/aromatic N) is 5. The average molecular weight is 395 g/mol. The number of aromatic amines is 1. The summed E-state index contributed by atoms with van der Waals surface area (Å²) in [6, 6.07) is 13.9. The molecule has 8 heteroatoms. The summed E-state index contributed by atoms with van der Waals surface area (Å²) in [6.07, 6.45) is 1.79. The summed E-state index contributed by atoms with van der Waals surface area (Å²) < 4.78 is 2.23. The summed E-state index contributed by atoms with van der Waals surface area (Å²) >= 11 is 5.36. The Balaban J connectivity index is 1.44. The molecular weight excluding hydrogens is 372 g/mol. The molecule has 1 aromatic carbocycles. The van der Waals surface area contributed by atoms with E-state index in [-0.39, 0.29) is 12.5 Å². The van der Waals surface area contributed by atoms with Crippen molar-refractivity contribution in [2.45, 2.75) is 13.5 Å². The minimum Gasteiger partial charge on any atom is -0.353 e. The topological polar surface area (TPSA) is 70.1 Å². The SMILES string of the molecule is Cc1ccc(-c2n[nH]c(=S)n2CC(=O)N2CCN(c3ccccn3)CC2)cc1. The maximum absolute atomic E-state index is 12.9. The first-order valence-corrected chi connectivity index (χ1v) is 9.68. The predicted molar refractivity (Wildman–Crippen MR) is 111 cm³/mol. The number of aromatic nitrogens is 4. The number of carbonyl (C=O) groups excluding carboxylic acids is 1. The van der Waals surface area contributed by atoms with E-state index in [4.69, 9.17) is 12.2 Å². The number of amides is 1. The lowest BCUT2D eigenvalue weighted by atomic mass is 10.1. The largest absolute Gasteiger partial charge is 0.353 e. The molecule has 1 saturated heterocycles. The molecule has 3 heterocycles. The molecule has 0 spiro atoms. The highest BCUT2D eigenvalue weighted by molar-refractivity contribution is 7.71. The Kier molecular flexibility index (Phi) is 5.21. The van der Waals surface area contributed by atoms with Crippen molar-refractivity contribution in [3.8, 4) is 11.4 Å². The van der Waals surface area contributed by atoms with E-state index in [1.807, 2.05) is 54.3 Å². The molecule has 0 atom stereocenters. The molecule has 0 aliphatic carbocycles. The third-order valence-electron chi connectivity index (χ3n) is 4.97. The lowest BCUT2D eigenvalue weighted by Crippen LogP contribution is -2.49. The number of nitrogens with one attached hydrogen (secondary N) is 1. The van der Waals surface area contributed by atoms with E-state index in [0.29, 0.717) is 23.7 Å². The first kappa shape index (κ1) is 18.4. The Morgan fingerprint density at radius 2 is 1.86 bits per heavy atom. The molecule has 144 valence electrons. The molecule has 7 nitrogen and oxygen atoms in total. The van der Waals surface area contributed by atoms with Gasteiger partial charge in [0.05, 0.1) is 0 Å². The van der Waals surface area contributed by atoms with Crippen LogP contribution in [0.15, 0.2) is 48.7 Å². The maximum atomic E-state index is 12.9. The summed E-state index contributed by atoms with van der Waals surface area (Å²) in [7, 11) is 0. The van der Waals surface area contributed by atoms with E-state index >= 15 is 0 Å². The van der Waals surface area contributed by atoms with Crippen molar-refractivity contribution in [2.24, 2.45) is 0 Å². The van der Waals surface area contributed by atoms with Gasteiger partial charge < -0.3 is 9.80 Å². The zero-order valence-electron chi connectivity index (χ0n) is 15.7. The normalized spacial score (nSPS) is 14.3. The molecule has 3 aromatic rings. The van der Waals surface area contributed by atoms with Gasteiger partial charge in [-0.15, -0.1) is 0 Å². The Morgan fingerprint density at radius 1 is 1.11 bits per heavy atom. The number of anilines is 1. The van der Waals surface area contributed by atoms with Crippen molar-refractivity contribution < 1.29 is 4.79 Å². The summed E-state index contributed by atoms with van der Waals surface area (Å²) in [5.41, 5.74) is 2.11. The summed E-state index contributed by atoms with van der Waals surface area (Å²) in [4.78, 5) is 21.4. The van der Waals surface area contributed by atoms with Crippen molar-refractivity contribution in [1.29, 1.82) is 0 Å². The van der Waals surface area contributed by atoms with E-state index in [2.05, 4.69) is 20.1 Å². The van der Waals surface area contributed by atoms with Crippen LogP contribution in [0, 0.1) is 11.7 Å². The maximum Gasteiger partial charge on any atom is 0.242 e. The highest BCUT2D eigenvalue weighted by Crippen LogP contribution is 2.19. The van der Waals surface area contributed by atoms with Crippen LogP contribution in [0.2, 0.25) is 0 Å². The van der Waals surface area contributed by atoms with E-state index in [1.54, 1.807) is 10.8 Å². The highest BCUT2D eigenvalue weighted by Gasteiger charge is 2.23. The van der Waals surface area contributed by atoms with Crippen molar-refractivity contribution in [2.75, 3.05) is 31.1 Å². The lowest BCUT2D eigenvalue weighted by molar-refractivity contribution is -0.132. The second kappa shape index (κ2) is 7.93. The number of benzene rings is 1. The Morgan fingerprint density at radius 3 is 2.54 bits per heavy atom. The van der Waals surface area contributed by atoms with E-state index < -0.39 is 0 Å². The third-order valence-corrected chi connectivity index (χ3v) is 5.28. The number of aryl methyl sites for hydroxylation is 1. The number of pyridine rings is 1. The van der Waals surface area contributed by atoms with Crippen LogP contribution in [0.4, 0.5) is 5.82 Å². The van der Waals surface area contributed by atoms with Gasteiger partial charge in [0, 0.05) is 37.9 Å².